The van der Waals surface area contributed by atoms with Crippen molar-refractivity contribution >= 4 is 28.4 Å². The molecule has 4 nitrogen and oxygen atoms in total. The molecule has 0 aliphatic rings. The molecule has 22 heavy (non-hydrogen) atoms. The lowest BCUT2D eigenvalue weighted by Gasteiger charge is -2.12. The maximum atomic E-state index is 14.1. The van der Waals surface area contributed by atoms with Crippen LogP contribution < -0.4 is 5.56 Å². The van der Waals surface area contributed by atoms with Gasteiger partial charge >= 0.3 is 0 Å². The monoisotopic (exact) mass is 414 g/mol. The van der Waals surface area contributed by atoms with Crippen molar-refractivity contribution in [1.29, 1.82) is 0 Å². The number of ketones is 1. The Bertz CT molecular complexity index is 799. The van der Waals surface area contributed by atoms with Gasteiger partial charge in [0.15, 0.2) is 5.78 Å². The highest BCUT2D eigenvalue weighted by Gasteiger charge is 2.19. The number of hydrogen-bond acceptors (Lipinski definition) is 3. The quantitative estimate of drug-likeness (QED) is 0.571. The number of aryl methyl sites for hydroxylation is 1. The van der Waals surface area contributed by atoms with Crippen molar-refractivity contribution in [2.45, 2.75) is 26.7 Å². The van der Waals surface area contributed by atoms with Crippen molar-refractivity contribution in [2.75, 3.05) is 0 Å². The predicted molar refractivity (Wildman–Crippen MR) is 90.8 cm³/mol. The van der Waals surface area contributed by atoms with Crippen molar-refractivity contribution in [3.63, 3.8) is 0 Å². The van der Waals surface area contributed by atoms with Crippen LogP contribution in [-0.2, 0) is 13.5 Å². The summed E-state index contributed by atoms with van der Waals surface area (Å²) in [5.41, 5.74) is 1.37. The molecule has 0 spiro atoms. The fraction of sp³-hybridized carbons (Fsp3) is 0.312. The molecule has 1 aromatic heterocycles. The standard InChI is InChI=1S/C16H16FIN2O2/c1-4-14(21)15-12(9(2)16(22)20(3)19-15)7-10-5-6-11(18)8-13(10)17/h5-6,8H,4,7H2,1-3H3. The van der Waals surface area contributed by atoms with Crippen molar-refractivity contribution in [3.8, 4) is 0 Å². The van der Waals surface area contributed by atoms with E-state index in [4.69, 9.17) is 0 Å². The third-order valence-corrected chi connectivity index (χ3v) is 4.24. The molecule has 1 heterocycles. The number of benzene rings is 1. The second-order valence-electron chi connectivity index (χ2n) is 5.07. The van der Waals surface area contributed by atoms with Gasteiger partial charge in [-0.05, 0) is 52.8 Å². The van der Waals surface area contributed by atoms with E-state index in [0.29, 0.717) is 16.7 Å². The zero-order valence-corrected chi connectivity index (χ0v) is 14.8. The highest BCUT2D eigenvalue weighted by molar-refractivity contribution is 14.1. The second-order valence-corrected chi connectivity index (χ2v) is 6.32. The fourth-order valence-electron chi connectivity index (χ4n) is 2.27. The first-order valence-electron chi connectivity index (χ1n) is 6.89. The summed E-state index contributed by atoms with van der Waals surface area (Å²) in [5.74, 6) is -0.499. The maximum absolute atomic E-state index is 14.1. The van der Waals surface area contributed by atoms with Crippen molar-refractivity contribution in [3.05, 3.63) is 60.3 Å². The Hall–Kier alpha value is -1.57. The lowest BCUT2D eigenvalue weighted by atomic mass is 9.97. The van der Waals surface area contributed by atoms with Gasteiger partial charge in [0.1, 0.15) is 11.5 Å². The summed E-state index contributed by atoms with van der Waals surface area (Å²) >= 11 is 2.03. The Morgan fingerprint density at radius 1 is 1.41 bits per heavy atom. The molecule has 116 valence electrons. The Labute approximate surface area is 141 Å². The number of halogens is 2. The molecule has 1 aromatic carbocycles. The van der Waals surface area contributed by atoms with E-state index in [1.54, 1.807) is 26.0 Å². The molecule has 0 bridgehead atoms. The Morgan fingerprint density at radius 3 is 2.68 bits per heavy atom. The van der Waals surface area contributed by atoms with Gasteiger partial charge < -0.3 is 0 Å². The molecule has 0 aliphatic carbocycles. The van der Waals surface area contributed by atoms with Crippen LogP contribution in [0.2, 0.25) is 0 Å². The second kappa shape index (κ2) is 6.68. The molecule has 2 aromatic rings. The molecule has 0 aliphatic heterocycles. The van der Waals surface area contributed by atoms with Crippen LogP contribution in [0.1, 0.15) is 40.5 Å². The third-order valence-electron chi connectivity index (χ3n) is 3.57. The molecule has 0 saturated carbocycles. The highest BCUT2D eigenvalue weighted by Crippen LogP contribution is 2.20. The maximum Gasteiger partial charge on any atom is 0.269 e. The first kappa shape index (κ1) is 16.8. The summed E-state index contributed by atoms with van der Waals surface area (Å²) in [4.78, 5) is 24.2. The molecule has 0 saturated heterocycles. The van der Waals surface area contributed by atoms with E-state index in [1.807, 2.05) is 22.6 Å². The molecule has 0 N–H and O–H groups in total. The van der Waals surface area contributed by atoms with Gasteiger partial charge in [-0.2, -0.15) is 5.10 Å². The molecule has 0 fully saturated rings. The molecule has 6 heteroatoms. The fourth-order valence-corrected chi connectivity index (χ4v) is 2.72. The first-order valence-corrected chi connectivity index (χ1v) is 7.97. The Kier molecular flexibility index (Phi) is 5.10. The molecule has 2 rings (SSSR count). The van der Waals surface area contributed by atoms with Gasteiger partial charge in [-0.3, -0.25) is 9.59 Å². The molecule has 0 radical (unpaired) electrons. The molecular weight excluding hydrogens is 398 g/mol. The molecule has 0 amide bonds. The first-order chi connectivity index (χ1) is 10.3. The largest absolute Gasteiger partial charge is 0.292 e. The van der Waals surface area contributed by atoms with Crippen molar-refractivity contribution in [2.24, 2.45) is 7.05 Å². The lowest BCUT2D eigenvalue weighted by Crippen LogP contribution is -2.27. The summed E-state index contributed by atoms with van der Waals surface area (Å²) in [7, 11) is 1.51. The van der Waals surface area contributed by atoms with Crippen LogP contribution in [0.3, 0.4) is 0 Å². The summed E-state index contributed by atoms with van der Waals surface area (Å²) in [6.07, 6.45) is 0.464. The number of nitrogens with zero attached hydrogens (tertiary/aromatic N) is 2. The topological polar surface area (TPSA) is 52.0 Å². The molecule has 0 unspecified atom stereocenters. The summed E-state index contributed by atoms with van der Waals surface area (Å²) in [6, 6.07) is 4.90. The van der Waals surface area contributed by atoms with E-state index in [9.17, 15) is 14.0 Å². The smallest absolute Gasteiger partial charge is 0.269 e. The van der Waals surface area contributed by atoms with E-state index in [0.717, 1.165) is 8.25 Å². The minimum atomic E-state index is -0.345. The third kappa shape index (κ3) is 3.26. The summed E-state index contributed by atoms with van der Waals surface area (Å²) < 4.78 is 16.0. The van der Waals surface area contributed by atoms with Crippen LogP contribution in [0, 0.1) is 16.3 Å². The SMILES string of the molecule is CCC(=O)c1nn(C)c(=O)c(C)c1Cc1ccc(I)cc1F. The van der Waals surface area contributed by atoms with E-state index < -0.39 is 0 Å². The van der Waals surface area contributed by atoms with E-state index in [1.165, 1.54) is 13.1 Å². The highest BCUT2D eigenvalue weighted by atomic mass is 127. The number of hydrogen-bond donors (Lipinski definition) is 0. The number of rotatable bonds is 4. The average Bonchev–Trinajstić information content (AvgIpc) is 2.49. The van der Waals surface area contributed by atoms with Gasteiger partial charge in [0.2, 0.25) is 0 Å². The number of aromatic nitrogens is 2. The molecule has 0 atom stereocenters. The van der Waals surface area contributed by atoms with Gasteiger partial charge in [0, 0.05) is 29.0 Å². The van der Waals surface area contributed by atoms with Gasteiger partial charge in [0.25, 0.3) is 5.56 Å². The van der Waals surface area contributed by atoms with Crippen LogP contribution in [0.5, 0.6) is 0 Å². The average molecular weight is 414 g/mol. The predicted octanol–water partition coefficient (Wildman–Crippen LogP) is 3.02. The summed E-state index contributed by atoms with van der Waals surface area (Å²) in [6.45, 7) is 3.39. The van der Waals surface area contributed by atoms with E-state index in [-0.39, 0.29) is 35.7 Å². The van der Waals surface area contributed by atoms with E-state index >= 15 is 0 Å². The van der Waals surface area contributed by atoms with Crippen LogP contribution in [-0.4, -0.2) is 15.6 Å². The van der Waals surface area contributed by atoms with Crippen LogP contribution in [0.25, 0.3) is 0 Å². The number of Topliss-reactive ketones (excluding diaryl/α,β-unsaturated/α-hetero) is 1. The Morgan fingerprint density at radius 2 is 2.09 bits per heavy atom. The van der Waals surface area contributed by atoms with Crippen molar-refractivity contribution in [1.82, 2.24) is 9.78 Å². The van der Waals surface area contributed by atoms with Crippen LogP contribution >= 0.6 is 22.6 Å². The number of carbonyl (C=O) groups is 1. The van der Waals surface area contributed by atoms with Gasteiger partial charge in [0.05, 0.1) is 0 Å². The minimum absolute atomic E-state index is 0.153. The van der Waals surface area contributed by atoms with Gasteiger partial charge in [-0.25, -0.2) is 9.07 Å². The lowest BCUT2D eigenvalue weighted by molar-refractivity contribution is 0.0980. The number of carbonyl (C=O) groups excluding carboxylic acids is 1. The van der Waals surface area contributed by atoms with Crippen LogP contribution in [0.15, 0.2) is 23.0 Å². The van der Waals surface area contributed by atoms with Gasteiger partial charge in [-0.1, -0.05) is 13.0 Å². The van der Waals surface area contributed by atoms with Gasteiger partial charge in [-0.15, -0.1) is 0 Å². The normalized spacial score (nSPS) is 10.8. The van der Waals surface area contributed by atoms with Crippen molar-refractivity contribution < 1.29 is 9.18 Å². The zero-order chi connectivity index (χ0) is 16.4. The summed E-state index contributed by atoms with van der Waals surface area (Å²) in [5, 5.41) is 4.08. The van der Waals surface area contributed by atoms with E-state index in [2.05, 4.69) is 5.10 Å². The Balaban J connectivity index is 2.60. The van der Waals surface area contributed by atoms with Crippen LogP contribution in [0.4, 0.5) is 4.39 Å². The minimum Gasteiger partial charge on any atom is -0.292 e. The molecular formula is C16H16FIN2O2. The zero-order valence-electron chi connectivity index (χ0n) is 12.6.